The van der Waals surface area contributed by atoms with Gasteiger partial charge in [-0.1, -0.05) is 17.3 Å². The number of benzene rings is 2. The largest absolute Gasteiger partial charge is 0.360 e. The summed E-state index contributed by atoms with van der Waals surface area (Å²) in [6.45, 7) is 1.64. The Kier molecular flexibility index (Phi) is 5.08. The Morgan fingerprint density at radius 3 is 2.41 bits per heavy atom. The zero-order valence-electron chi connectivity index (χ0n) is 14.1. The molecule has 140 valence electrons. The number of urea groups is 1. The molecule has 0 unspecified atom stereocenters. The molecule has 8 nitrogen and oxygen atoms in total. The van der Waals surface area contributed by atoms with Gasteiger partial charge < -0.3 is 15.2 Å². The number of nitrogens with zero attached hydrogens (tertiary/aromatic N) is 1. The summed E-state index contributed by atoms with van der Waals surface area (Å²) in [7, 11) is -3.85. The average Bonchev–Trinajstić information content (AvgIpc) is 3.01. The van der Waals surface area contributed by atoms with Crippen molar-refractivity contribution >= 4 is 33.2 Å². The molecule has 27 heavy (non-hydrogen) atoms. The van der Waals surface area contributed by atoms with Crippen molar-refractivity contribution in [1.29, 1.82) is 0 Å². The maximum absolute atomic E-state index is 13.5. The van der Waals surface area contributed by atoms with Gasteiger partial charge in [-0.15, -0.1) is 0 Å². The first kappa shape index (κ1) is 18.4. The summed E-state index contributed by atoms with van der Waals surface area (Å²) in [4.78, 5) is 11.9. The molecule has 0 saturated heterocycles. The number of carbonyl (C=O) groups excluding carboxylic acids is 1. The number of amides is 2. The van der Waals surface area contributed by atoms with Crippen LogP contribution in [0, 0.1) is 12.7 Å². The summed E-state index contributed by atoms with van der Waals surface area (Å²) in [5, 5.41) is 8.42. The van der Waals surface area contributed by atoms with Crippen LogP contribution in [0.1, 0.15) is 5.76 Å². The van der Waals surface area contributed by atoms with Crippen LogP contribution in [0.4, 0.5) is 26.4 Å². The lowest BCUT2D eigenvalue weighted by atomic mass is 10.3. The van der Waals surface area contributed by atoms with Crippen LogP contribution >= 0.6 is 0 Å². The molecule has 3 aromatic rings. The van der Waals surface area contributed by atoms with Crippen LogP contribution in [0.25, 0.3) is 0 Å². The smallest absolute Gasteiger partial charge is 0.323 e. The number of rotatable bonds is 5. The molecule has 0 atom stereocenters. The number of sulfonamides is 1. The van der Waals surface area contributed by atoms with Crippen LogP contribution in [-0.4, -0.2) is 19.6 Å². The molecule has 1 heterocycles. The first-order valence-electron chi connectivity index (χ1n) is 7.72. The predicted octanol–water partition coefficient (Wildman–Crippen LogP) is 3.57. The molecule has 0 bridgehead atoms. The zero-order chi connectivity index (χ0) is 19.4. The van der Waals surface area contributed by atoms with E-state index in [1.54, 1.807) is 13.0 Å². The summed E-state index contributed by atoms with van der Waals surface area (Å²) < 4.78 is 45.2. The zero-order valence-corrected chi connectivity index (χ0v) is 14.9. The molecular formula is C17H15FN4O4S. The van der Waals surface area contributed by atoms with Crippen molar-refractivity contribution in [2.45, 2.75) is 11.8 Å². The minimum atomic E-state index is -3.85. The van der Waals surface area contributed by atoms with Gasteiger partial charge in [-0.05, 0) is 43.3 Å². The summed E-state index contributed by atoms with van der Waals surface area (Å²) in [5.41, 5.74) is 0.362. The Morgan fingerprint density at radius 1 is 1.07 bits per heavy atom. The number of anilines is 3. The van der Waals surface area contributed by atoms with E-state index in [4.69, 9.17) is 4.52 Å². The van der Waals surface area contributed by atoms with Crippen molar-refractivity contribution in [2.24, 2.45) is 0 Å². The minimum Gasteiger partial charge on any atom is -0.360 e. The van der Waals surface area contributed by atoms with E-state index >= 15 is 0 Å². The highest BCUT2D eigenvalue weighted by molar-refractivity contribution is 7.92. The highest BCUT2D eigenvalue weighted by atomic mass is 32.2. The lowest BCUT2D eigenvalue weighted by molar-refractivity contribution is 0.262. The fourth-order valence-electron chi connectivity index (χ4n) is 2.18. The Hall–Kier alpha value is -3.40. The van der Waals surface area contributed by atoms with Gasteiger partial charge in [0.2, 0.25) is 0 Å². The van der Waals surface area contributed by atoms with Crippen molar-refractivity contribution in [3.63, 3.8) is 0 Å². The monoisotopic (exact) mass is 390 g/mol. The van der Waals surface area contributed by atoms with E-state index < -0.39 is 21.9 Å². The van der Waals surface area contributed by atoms with Gasteiger partial charge in [0.05, 0.1) is 10.6 Å². The van der Waals surface area contributed by atoms with Crippen LogP contribution in [0.3, 0.4) is 0 Å². The molecule has 2 aromatic carbocycles. The molecule has 3 N–H and O–H groups in total. The van der Waals surface area contributed by atoms with Gasteiger partial charge in [-0.2, -0.15) is 0 Å². The molecular weight excluding hydrogens is 375 g/mol. The summed E-state index contributed by atoms with van der Waals surface area (Å²) in [5.74, 6) is -0.0321. The molecule has 1 aromatic heterocycles. The number of nitrogens with one attached hydrogen (secondary N) is 3. The van der Waals surface area contributed by atoms with Crippen molar-refractivity contribution in [1.82, 2.24) is 5.16 Å². The highest BCUT2D eigenvalue weighted by Gasteiger charge is 2.16. The van der Waals surface area contributed by atoms with Crippen LogP contribution in [0.15, 0.2) is 64.0 Å². The van der Waals surface area contributed by atoms with Gasteiger partial charge >= 0.3 is 6.03 Å². The molecule has 0 aliphatic heterocycles. The highest BCUT2D eigenvalue weighted by Crippen LogP contribution is 2.19. The quantitative estimate of drug-likeness (QED) is 0.616. The van der Waals surface area contributed by atoms with E-state index in [9.17, 15) is 17.6 Å². The number of hydrogen-bond donors (Lipinski definition) is 3. The SMILES string of the molecule is Cc1cc(NS(=O)(=O)c2ccc(NC(=O)Nc3ccccc3F)cc2)no1. The maximum atomic E-state index is 13.5. The molecule has 0 spiro atoms. The molecule has 0 radical (unpaired) electrons. The first-order chi connectivity index (χ1) is 12.8. The van der Waals surface area contributed by atoms with Crippen molar-refractivity contribution in [3.05, 3.63) is 66.2 Å². The van der Waals surface area contributed by atoms with Gasteiger partial charge in [-0.25, -0.2) is 17.6 Å². The molecule has 0 saturated carbocycles. The Labute approximate surface area is 154 Å². The van der Waals surface area contributed by atoms with E-state index in [0.29, 0.717) is 11.4 Å². The lowest BCUT2D eigenvalue weighted by Gasteiger charge is -2.09. The third-order valence-electron chi connectivity index (χ3n) is 3.41. The molecule has 0 aliphatic carbocycles. The Morgan fingerprint density at radius 2 is 1.78 bits per heavy atom. The van der Waals surface area contributed by atoms with Crippen LogP contribution in [0.5, 0.6) is 0 Å². The van der Waals surface area contributed by atoms with E-state index in [0.717, 1.165) is 0 Å². The van der Waals surface area contributed by atoms with Crippen LogP contribution < -0.4 is 15.4 Å². The predicted molar refractivity (Wildman–Crippen MR) is 97.5 cm³/mol. The molecule has 0 fully saturated rings. The molecule has 2 amide bonds. The van der Waals surface area contributed by atoms with Crippen molar-refractivity contribution in [3.8, 4) is 0 Å². The number of hydrogen-bond acceptors (Lipinski definition) is 5. The normalized spacial score (nSPS) is 11.0. The number of halogens is 1. The topological polar surface area (TPSA) is 113 Å². The fraction of sp³-hybridized carbons (Fsp3) is 0.0588. The lowest BCUT2D eigenvalue weighted by Crippen LogP contribution is -2.20. The molecule has 3 rings (SSSR count). The second-order valence-corrected chi connectivity index (χ2v) is 7.19. The summed E-state index contributed by atoms with van der Waals surface area (Å²) in [6, 6.07) is 12.0. The van der Waals surface area contributed by atoms with Crippen molar-refractivity contribution in [2.75, 3.05) is 15.4 Å². The number of carbonyl (C=O) groups is 1. The van der Waals surface area contributed by atoms with Gasteiger partial charge in [0.1, 0.15) is 11.6 Å². The van der Waals surface area contributed by atoms with Gasteiger partial charge in [0.15, 0.2) is 5.82 Å². The number of para-hydroxylation sites is 1. The standard InChI is InChI=1S/C17H15FN4O4S/c1-11-10-16(21-26-11)22-27(24,25)13-8-6-12(7-9-13)19-17(23)20-15-5-3-2-4-14(15)18/h2-10H,1H3,(H,21,22)(H2,19,20,23). The Bertz CT molecular complexity index is 1060. The summed E-state index contributed by atoms with van der Waals surface area (Å²) >= 11 is 0. The van der Waals surface area contributed by atoms with Gasteiger partial charge in [0, 0.05) is 11.8 Å². The fourth-order valence-corrected chi connectivity index (χ4v) is 3.16. The maximum Gasteiger partial charge on any atom is 0.323 e. The number of aromatic nitrogens is 1. The minimum absolute atomic E-state index is 0.0248. The Balaban J connectivity index is 1.66. The van der Waals surface area contributed by atoms with E-state index in [-0.39, 0.29) is 16.4 Å². The van der Waals surface area contributed by atoms with E-state index in [1.165, 1.54) is 48.5 Å². The average molecular weight is 390 g/mol. The van der Waals surface area contributed by atoms with Gasteiger partial charge in [-0.3, -0.25) is 4.72 Å². The van der Waals surface area contributed by atoms with Crippen LogP contribution in [-0.2, 0) is 10.0 Å². The van der Waals surface area contributed by atoms with E-state index in [2.05, 4.69) is 20.5 Å². The second kappa shape index (κ2) is 7.46. The van der Waals surface area contributed by atoms with E-state index in [1.807, 2.05) is 0 Å². The van der Waals surface area contributed by atoms with Gasteiger partial charge in [0.25, 0.3) is 10.0 Å². The third-order valence-corrected chi connectivity index (χ3v) is 4.78. The molecule has 10 heteroatoms. The molecule has 0 aliphatic rings. The van der Waals surface area contributed by atoms with Crippen molar-refractivity contribution < 1.29 is 22.1 Å². The van der Waals surface area contributed by atoms with Crippen LogP contribution in [0.2, 0.25) is 0 Å². The summed E-state index contributed by atoms with van der Waals surface area (Å²) in [6.07, 6.45) is 0. The first-order valence-corrected chi connectivity index (χ1v) is 9.20. The third kappa shape index (κ3) is 4.61. The number of aryl methyl sites for hydroxylation is 1. The second-order valence-electron chi connectivity index (χ2n) is 5.51.